The fourth-order valence-corrected chi connectivity index (χ4v) is 4.87. The Morgan fingerprint density at radius 3 is 2.17 bits per heavy atom. The summed E-state index contributed by atoms with van der Waals surface area (Å²) in [5.41, 5.74) is 1.94. The van der Waals surface area contributed by atoms with E-state index in [2.05, 4.69) is 12.2 Å². The summed E-state index contributed by atoms with van der Waals surface area (Å²) in [7, 11) is 0. The maximum atomic E-state index is 13.6. The van der Waals surface area contributed by atoms with E-state index in [4.69, 9.17) is 23.2 Å². The van der Waals surface area contributed by atoms with Crippen molar-refractivity contribution >= 4 is 46.8 Å². The highest BCUT2D eigenvalue weighted by Crippen LogP contribution is 2.23. The molecule has 2 amide bonds. The van der Waals surface area contributed by atoms with Crippen molar-refractivity contribution in [2.45, 2.75) is 50.1 Å². The van der Waals surface area contributed by atoms with E-state index < -0.39 is 6.04 Å². The lowest BCUT2D eigenvalue weighted by atomic mass is 10.0. The second-order valence-corrected chi connectivity index (χ2v) is 10.6. The highest BCUT2D eigenvalue weighted by molar-refractivity contribution is 7.99. The molecule has 3 rings (SSSR count). The molecular weight excluding hydrogens is 511 g/mol. The number of halogens is 2. The number of rotatable bonds is 13. The standard InChI is InChI=1S/C29H32Cl2N2O2S/c1-2-3-18-32-29(35)27(20-22-7-5-4-6-8-22)33(21-23-9-11-24(30)12-10-23)28(34)17-19-36-26-15-13-25(31)14-16-26/h4-16,27H,2-3,17-21H2,1H3,(H,32,35)/t27-/m1/s1. The molecule has 0 fully saturated rings. The number of nitrogens with one attached hydrogen (secondary N) is 1. The molecule has 0 bridgehead atoms. The van der Waals surface area contributed by atoms with Gasteiger partial charge in [-0.15, -0.1) is 11.8 Å². The topological polar surface area (TPSA) is 49.4 Å². The second kappa shape index (κ2) is 14.9. The zero-order chi connectivity index (χ0) is 25.8. The number of hydrogen-bond acceptors (Lipinski definition) is 3. The highest BCUT2D eigenvalue weighted by atomic mass is 35.5. The Bertz CT molecular complexity index is 1090. The van der Waals surface area contributed by atoms with Gasteiger partial charge in [-0.05, 0) is 53.9 Å². The summed E-state index contributed by atoms with van der Waals surface area (Å²) in [4.78, 5) is 29.8. The van der Waals surface area contributed by atoms with Gasteiger partial charge in [0.25, 0.3) is 0 Å². The maximum Gasteiger partial charge on any atom is 0.243 e. The highest BCUT2D eigenvalue weighted by Gasteiger charge is 2.30. The quantitative estimate of drug-likeness (QED) is 0.186. The van der Waals surface area contributed by atoms with Gasteiger partial charge in [0.15, 0.2) is 0 Å². The number of carbonyl (C=O) groups is 2. The minimum atomic E-state index is -0.618. The molecule has 190 valence electrons. The summed E-state index contributed by atoms with van der Waals surface area (Å²) in [6, 6.07) is 24.2. The van der Waals surface area contributed by atoms with Crippen LogP contribution >= 0.6 is 35.0 Å². The second-order valence-electron chi connectivity index (χ2n) is 8.55. The first-order valence-corrected chi connectivity index (χ1v) is 13.9. The van der Waals surface area contributed by atoms with Crippen LogP contribution in [0.4, 0.5) is 0 Å². The third-order valence-electron chi connectivity index (χ3n) is 5.77. The van der Waals surface area contributed by atoms with Crippen LogP contribution in [0.1, 0.15) is 37.3 Å². The van der Waals surface area contributed by atoms with E-state index in [0.717, 1.165) is 28.9 Å². The molecule has 36 heavy (non-hydrogen) atoms. The average Bonchev–Trinajstić information content (AvgIpc) is 2.89. The van der Waals surface area contributed by atoms with Crippen molar-refractivity contribution in [2.75, 3.05) is 12.3 Å². The van der Waals surface area contributed by atoms with Gasteiger partial charge in [0.05, 0.1) is 0 Å². The van der Waals surface area contributed by atoms with E-state index in [-0.39, 0.29) is 11.8 Å². The predicted molar refractivity (Wildman–Crippen MR) is 151 cm³/mol. The SMILES string of the molecule is CCCCNC(=O)[C@@H](Cc1ccccc1)N(Cc1ccc(Cl)cc1)C(=O)CCSc1ccc(Cl)cc1. The monoisotopic (exact) mass is 542 g/mol. The van der Waals surface area contributed by atoms with Crippen LogP contribution in [0.15, 0.2) is 83.8 Å². The van der Waals surface area contributed by atoms with Crippen molar-refractivity contribution < 1.29 is 9.59 Å². The Morgan fingerprint density at radius 1 is 0.889 bits per heavy atom. The molecule has 0 saturated heterocycles. The number of nitrogens with zero attached hydrogens (tertiary/aromatic N) is 1. The fourth-order valence-electron chi connectivity index (χ4n) is 3.78. The van der Waals surface area contributed by atoms with Crippen molar-refractivity contribution in [3.63, 3.8) is 0 Å². The van der Waals surface area contributed by atoms with Gasteiger partial charge >= 0.3 is 0 Å². The van der Waals surface area contributed by atoms with Gasteiger partial charge in [0, 0.05) is 46.6 Å². The Balaban J connectivity index is 1.81. The molecule has 0 spiro atoms. The molecule has 0 aliphatic rings. The fraction of sp³-hybridized carbons (Fsp3) is 0.310. The number of thioether (sulfide) groups is 1. The van der Waals surface area contributed by atoms with E-state index in [0.29, 0.717) is 41.7 Å². The lowest BCUT2D eigenvalue weighted by Crippen LogP contribution is -2.50. The summed E-state index contributed by atoms with van der Waals surface area (Å²) in [6.07, 6.45) is 2.64. The van der Waals surface area contributed by atoms with Crippen LogP contribution in [0, 0.1) is 0 Å². The van der Waals surface area contributed by atoms with Gasteiger partial charge in [-0.2, -0.15) is 0 Å². The van der Waals surface area contributed by atoms with Gasteiger partial charge in [-0.25, -0.2) is 0 Å². The maximum absolute atomic E-state index is 13.6. The van der Waals surface area contributed by atoms with Gasteiger partial charge in [-0.3, -0.25) is 9.59 Å². The van der Waals surface area contributed by atoms with Crippen LogP contribution in [-0.4, -0.2) is 35.1 Å². The lowest BCUT2D eigenvalue weighted by molar-refractivity contribution is -0.141. The zero-order valence-electron chi connectivity index (χ0n) is 20.5. The Hall–Kier alpha value is -2.47. The summed E-state index contributed by atoms with van der Waals surface area (Å²) >= 11 is 13.7. The van der Waals surface area contributed by atoms with Gasteiger partial charge in [0.2, 0.25) is 11.8 Å². The number of amides is 2. The number of hydrogen-bond donors (Lipinski definition) is 1. The van der Waals surface area contributed by atoms with E-state index in [9.17, 15) is 9.59 Å². The van der Waals surface area contributed by atoms with E-state index in [1.165, 1.54) is 0 Å². The minimum absolute atomic E-state index is 0.0574. The third kappa shape index (κ3) is 9.20. The lowest BCUT2D eigenvalue weighted by Gasteiger charge is -2.31. The van der Waals surface area contributed by atoms with E-state index in [1.807, 2.05) is 78.9 Å². The van der Waals surface area contributed by atoms with Gasteiger partial charge in [0.1, 0.15) is 6.04 Å². The van der Waals surface area contributed by atoms with Gasteiger partial charge < -0.3 is 10.2 Å². The van der Waals surface area contributed by atoms with Gasteiger partial charge in [-0.1, -0.05) is 79.0 Å². The molecule has 1 N–H and O–H groups in total. The molecular formula is C29H32Cl2N2O2S. The predicted octanol–water partition coefficient (Wildman–Crippen LogP) is 7.03. The molecule has 7 heteroatoms. The van der Waals surface area contributed by atoms with Crippen LogP contribution < -0.4 is 5.32 Å². The molecule has 0 unspecified atom stereocenters. The van der Waals surface area contributed by atoms with E-state index >= 15 is 0 Å². The van der Waals surface area contributed by atoms with Crippen LogP contribution in [0.25, 0.3) is 0 Å². The first kappa shape index (κ1) is 28.1. The van der Waals surface area contributed by atoms with Crippen LogP contribution in [-0.2, 0) is 22.6 Å². The average molecular weight is 544 g/mol. The molecule has 0 saturated carbocycles. The van der Waals surface area contributed by atoms with Crippen molar-refractivity contribution in [1.82, 2.24) is 10.2 Å². The molecule has 4 nitrogen and oxygen atoms in total. The summed E-state index contributed by atoms with van der Waals surface area (Å²) in [5.74, 6) is 0.422. The molecule has 0 radical (unpaired) electrons. The number of carbonyl (C=O) groups excluding carboxylic acids is 2. The third-order valence-corrected chi connectivity index (χ3v) is 7.28. The molecule has 0 aliphatic carbocycles. The van der Waals surface area contributed by atoms with Crippen LogP contribution in [0.3, 0.4) is 0 Å². The number of unbranched alkanes of at least 4 members (excludes halogenated alkanes) is 1. The zero-order valence-corrected chi connectivity index (χ0v) is 22.8. The first-order valence-electron chi connectivity index (χ1n) is 12.2. The van der Waals surface area contributed by atoms with Crippen molar-refractivity contribution in [1.29, 1.82) is 0 Å². The van der Waals surface area contributed by atoms with Crippen molar-refractivity contribution in [3.05, 3.63) is 100 Å². The summed E-state index contributed by atoms with van der Waals surface area (Å²) in [6.45, 7) is 3.01. The molecule has 3 aromatic rings. The molecule has 0 aromatic heterocycles. The van der Waals surface area contributed by atoms with E-state index in [1.54, 1.807) is 16.7 Å². The van der Waals surface area contributed by atoms with Crippen LogP contribution in [0.5, 0.6) is 0 Å². The smallest absolute Gasteiger partial charge is 0.243 e. The Kier molecular flexibility index (Phi) is 11.7. The molecule has 0 heterocycles. The number of benzene rings is 3. The molecule has 3 aromatic carbocycles. The molecule has 1 atom stereocenters. The van der Waals surface area contributed by atoms with Crippen molar-refractivity contribution in [2.24, 2.45) is 0 Å². The Labute approximate surface area is 228 Å². The largest absolute Gasteiger partial charge is 0.354 e. The van der Waals surface area contributed by atoms with Crippen LogP contribution in [0.2, 0.25) is 10.0 Å². The normalized spacial score (nSPS) is 11.6. The first-order chi connectivity index (χ1) is 17.5. The molecule has 0 aliphatic heterocycles. The summed E-state index contributed by atoms with van der Waals surface area (Å²) < 4.78 is 0. The van der Waals surface area contributed by atoms with Crippen molar-refractivity contribution in [3.8, 4) is 0 Å². The minimum Gasteiger partial charge on any atom is -0.354 e. The summed E-state index contributed by atoms with van der Waals surface area (Å²) in [5, 5.41) is 4.37. The Morgan fingerprint density at radius 2 is 1.53 bits per heavy atom.